The summed E-state index contributed by atoms with van der Waals surface area (Å²) in [6.45, 7) is 0. The molecule has 1 aromatic heterocycles. The maximum Gasteiger partial charge on any atom is 0.226 e. The standard InChI is InChI=1S/C4HCl4NS/c5-3-9-1-2(10-3)4(6,7)8/h1H. The Bertz CT molecular complexity index is 227. The number of hydrogen-bond donors (Lipinski definition) is 0. The summed E-state index contributed by atoms with van der Waals surface area (Å²) in [6, 6.07) is 0. The molecule has 0 atom stereocenters. The summed E-state index contributed by atoms with van der Waals surface area (Å²) in [5.41, 5.74) is 0. The maximum atomic E-state index is 5.51. The molecule has 1 nitrogen and oxygen atoms in total. The van der Waals surface area contributed by atoms with Crippen molar-refractivity contribution in [2.24, 2.45) is 0 Å². The average molecular weight is 237 g/mol. The van der Waals surface area contributed by atoms with Gasteiger partial charge >= 0.3 is 0 Å². The molecule has 0 saturated heterocycles. The van der Waals surface area contributed by atoms with Gasteiger partial charge in [0.1, 0.15) is 0 Å². The zero-order valence-corrected chi connectivity index (χ0v) is 8.28. The van der Waals surface area contributed by atoms with Gasteiger partial charge < -0.3 is 0 Å². The number of aromatic nitrogens is 1. The Balaban J connectivity index is 2.96. The van der Waals surface area contributed by atoms with Gasteiger partial charge in [-0.2, -0.15) is 0 Å². The zero-order valence-electron chi connectivity index (χ0n) is 4.44. The fourth-order valence-corrected chi connectivity index (χ4v) is 1.68. The molecule has 0 aliphatic carbocycles. The van der Waals surface area contributed by atoms with E-state index in [1.807, 2.05) is 0 Å². The van der Waals surface area contributed by atoms with Gasteiger partial charge in [0.2, 0.25) is 3.79 Å². The van der Waals surface area contributed by atoms with Crippen molar-refractivity contribution in [1.82, 2.24) is 4.98 Å². The number of thiazole rings is 1. The minimum absolute atomic E-state index is 0.376. The van der Waals surface area contributed by atoms with E-state index < -0.39 is 3.79 Å². The van der Waals surface area contributed by atoms with E-state index >= 15 is 0 Å². The van der Waals surface area contributed by atoms with Crippen LogP contribution in [0.2, 0.25) is 4.47 Å². The summed E-state index contributed by atoms with van der Waals surface area (Å²) in [5.74, 6) is 0. The molecule has 0 aliphatic heterocycles. The monoisotopic (exact) mass is 235 g/mol. The lowest BCUT2D eigenvalue weighted by atomic mass is 10.6. The Morgan fingerprint density at radius 1 is 1.40 bits per heavy atom. The van der Waals surface area contributed by atoms with E-state index in [1.54, 1.807) is 0 Å². The van der Waals surface area contributed by atoms with Crippen molar-refractivity contribution < 1.29 is 0 Å². The second-order valence-electron chi connectivity index (χ2n) is 1.48. The fourth-order valence-electron chi connectivity index (χ4n) is 0.384. The lowest BCUT2D eigenvalue weighted by Gasteiger charge is -2.04. The Labute approximate surface area is 81.9 Å². The third-order valence-electron chi connectivity index (χ3n) is 0.757. The highest BCUT2D eigenvalue weighted by molar-refractivity contribution is 7.16. The minimum atomic E-state index is -1.40. The molecule has 0 radical (unpaired) electrons. The van der Waals surface area contributed by atoms with E-state index in [2.05, 4.69) is 4.98 Å². The Kier molecular flexibility index (Phi) is 2.69. The molecule has 56 valence electrons. The van der Waals surface area contributed by atoms with Crippen molar-refractivity contribution in [3.63, 3.8) is 0 Å². The van der Waals surface area contributed by atoms with Gasteiger partial charge in [-0.1, -0.05) is 46.4 Å². The predicted octanol–water partition coefficient (Wildman–Crippen LogP) is 3.62. The molecule has 1 rings (SSSR count). The average Bonchev–Trinajstić information content (AvgIpc) is 2.11. The first-order valence-corrected chi connectivity index (χ1v) is 4.51. The van der Waals surface area contributed by atoms with Crippen molar-refractivity contribution in [1.29, 1.82) is 0 Å². The topological polar surface area (TPSA) is 12.9 Å². The number of rotatable bonds is 0. The molecule has 10 heavy (non-hydrogen) atoms. The molecular weight excluding hydrogens is 236 g/mol. The Hall–Kier alpha value is 0.790. The van der Waals surface area contributed by atoms with Gasteiger partial charge in [0, 0.05) is 6.20 Å². The summed E-state index contributed by atoms with van der Waals surface area (Å²) in [5, 5.41) is 0. The van der Waals surface area contributed by atoms with Crippen molar-refractivity contribution in [2.75, 3.05) is 0 Å². The largest absolute Gasteiger partial charge is 0.233 e. The normalized spacial score (nSPS) is 12.0. The molecule has 0 saturated carbocycles. The van der Waals surface area contributed by atoms with E-state index in [4.69, 9.17) is 46.4 Å². The molecule has 0 aromatic carbocycles. The van der Waals surface area contributed by atoms with Crippen LogP contribution in [0, 0.1) is 0 Å². The van der Waals surface area contributed by atoms with E-state index in [0.717, 1.165) is 11.3 Å². The maximum absolute atomic E-state index is 5.51. The van der Waals surface area contributed by atoms with Crippen LogP contribution in [0.25, 0.3) is 0 Å². The van der Waals surface area contributed by atoms with Crippen LogP contribution in [-0.2, 0) is 3.79 Å². The third-order valence-corrected chi connectivity index (χ3v) is 2.94. The first-order chi connectivity index (χ1) is 4.50. The van der Waals surface area contributed by atoms with Gasteiger partial charge in [-0.3, -0.25) is 0 Å². The molecule has 0 bridgehead atoms. The molecule has 0 amide bonds. The summed E-state index contributed by atoms with van der Waals surface area (Å²) < 4.78 is -1.02. The van der Waals surface area contributed by atoms with Gasteiger partial charge in [-0.25, -0.2) is 4.98 Å². The fraction of sp³-hybridized carbons (Fsp3) is 0.250. The molecular formula is C4HCl4NS. The van der Waals surface area contributed by atoms with Crippen molar-refractivity contribution in [2.45, 2.75) is 3.79 Å². The minimum Gasteiger partial charge on any atom is -0.233 e. The smallest absolute Gasteiger partial charge is 0.226 e. The van der Waals surface area contributed by atoms with Crippen LogP contribution in [-0.4, -0.2) is 4.98 Å². The van der Waals surface area contributed by atoms with Crippen LogP contribution >= 0.6 is 57.7 Å². The van der Waals surface area contributed by atoms with Gasteiger partial charge in [0.05, 0.1) is 4.88 Å². The Morgan fingerprint density at radius 2 is 2.00 bits per heavy atom. The zero-order chi connectivity index (χ0) is 7.78. The quantitative estimate of drug-likeness (QED) is 0.628. The van der Waals surface area contributed by atoms with Crippen molar-refractivity contribution in [3.8, 4) is 0 Å². The predicted molar refractivity (Wildman–Crippen MR) is 46.4 cm³/mol. The number of halogens is 4. The highest BCUT2D eigenvalue weighted by Crippen LogP contribution is 2.41. The first-order valence-electron chi connectivity index (χ1n) is 2.18. The summed E-state index contributed by atoms with van der Waals surface area (Å²) in [4.78, 5) is 4.24. The SMILES string of the molecule is Clc1ncc(C(Cl)(Cl)Cl)s1. The second kappa shape index (κ2) is 3.03. The van der Waals surface area contributed by atoms with E-state index in [9.17, 15) is 0 Å². The van der Waals surface area contributed by atoms with Crippen LogP contribution < -0.4 is 0 Å². The van der Waals surface area contributed by atoms with Crippen molar-refractivity contribution >= 4 is 57.7 Å². The summed E-state index contributed by atoms with van der Waals surface area (Å²) in [6.07, 6.45) is 1.44. The van der Waals surface area contributed by atoms with Gasteiger partial charge in [-0.15, -0.1) is 11.3 Å². The van der Waals surface area contributed by atoms with Gasteiger partial charge in [0.25, 0.3) is 0 Å². The third kappa shape index (κ3) is 2.14. The summed E-state index contributed by atoms with van der Waals surface area (Å²) in [7, 11) is 0. The van der Waals surface area contributed by atoms with Crippen LogP contribution in [0.1, 0.15) is 4.88 Å². The number of nitrogens with zero attached hydrogens (tertiary/aromatic N) is 1. The second-order valence-corrected chi connectivity index (χ2v) is 5.37. The van der Waals surface area contributed by atoms with Crippen molar-refractivity contribution in [3.05, 3.63) is 15.5 Å². The molecule has 6 heteroatoms. The summed E-state index contributed by atoms with van der Waals surface area (Å²) >= 11 is 23.2. The molecule has 0 aliphatic rings. The van der Waals surface area contributed by atoms with Crippen LogP contribution in [0.3, 0.4) is 0 Å². The molecule has 1 heterocycles. The van der Waals surface area contributed by atoms with Gasteiger partial charge in [0.15, 0.2) is 4.47 Å². The van der Waals surface area contributed by atoms with Crippen LogP contribution in [0.5, 0.6) is 0 Å². The lowest BCUT2D eigenvalue weighted by molar-refractivity contribution is 1.27. The van der Waals surface area contributed by atoms with E-state index in [-0.39, 0.29) is 0 Å². The van der Waals surface area contributed by atoms with E-state index in [0.29, 0.717) is 9.34 Å². The molecule has 1 aromatic rings. The van der Waals surface area contributed by atoms with Crippen LogP contribution in [0.15, 0.2) is 6.20 Å². The van der Waals surface area contributed by atoms with Gasteiger partial charge in [-0.05, 0) is 0 Å². The molecule has 0 N–H and O–H groups in total. The lowest BCUT2D eigenvalue weighted by Crippen LogP contribution is -1.94. The highest BCUT2D eigenvalue weighted by atomic mass is 35.6. The number of alkyl halides is 3. The molecule has 0 fully saturated rings. The van der Waals surface area contributed by atoms with Crippen LogP contribution in [0.4, 0.5) is 0 Å². The number of hydrogen-bond acceptors (Lipinski definition) is 2. The van der Waals surface area contributed by atoms with E-state index in [1.165, 1.54) is 6.20 Å². The molecule has 0 spiro atoms. The Morgan fingerprint density at radius 3 is 2.20 bits per heavy atom. The first kappa shape index (κ1) is 8.88. The molecule has 0 unspecified atom stereocenters. The highest BCUT2D eigenvalue weighted by Gasteiger charge is 2.25.